The van der Waals surface area contributed by atoms with Crippen LogP contribution in [0, 0.1) is 70.0 Å². The third kappa shape index (κ3) is 0.848. The molecule has 8 bridgehead atoms. The first-order valence-corrected chi connectivity index (χ1v) is 10.4. The number of ether oxygens (including phenoxy) is 2. The van der Waals surface area contributed by atoms with Crippen LogP contribution in [0.25, 0.3) is 0 Å². The Morgan fingerprint density at radius 1 is 1.00 bits per heavy atom. The lowest BCUT2D eigenvalue weighted by Crippen LogP contribution is -2.68. The lowest BCUT2D eigenvalue weighted by molar-refractivity contribution is -0.232. The van der Waals surface area contributed by atoms with Crippen molar-refractivity contribution in [2.45, 2.75) is 31.8 Å². The van der Waals surface area contributed by atoms with Gasteiger partial charge in [0.25, 0.3) is 0 Å². The molecule has 0 radical (unpaired) electrons. The van der Waals surface area contributed by atoms with Crippen molar-refractivity contribution in [2.24, 2.45) is 70.0 Å². The van der Waals surface area contributed by atoms with E-state index in [0.29, 0.717) is 47.7 Å². The lowest BCUT2D eigenvalue weighted by Gasteiger charge is -2.60. The van der Waals surface area contributed by atoms with Gasteiger partial charge >= 0.3 is 11.9 Å². The minimum Gasteiger partial charge on any atom is -0.469 e. The summed E-state index contributed by atoms with van der Waals surface area (Å²) in [7, 11) is 1.47. The quantitative estimate of drug-likeness (QED) is 0.667. The minimum absolute atomic E-state index is 0.00616. The molecule has 8 aliphatic carbocycles. The van der Waals surface area contributed by atoms with Crippen molar-refractivity contribution >= 4 is 17.7 Å². The van der Waals surface area contributed by atoms with Crippen LogP contribution in [0.15, 0.2) is 0 Å². The fraction of sp³-hybridized carbons (Fsp3) is 0.857. The molecule has 136 valence electrons. The number of fused-ring (bicyclic) bond motifs is 1. The first-order chi connectivity index (χ1) is 12.6. The zero-order chi connectivity index (χ0) is 17.3. The van der Waals surface area contributed by atoms with Gasteiger partial charge in [-0.2, -0.15) is 0 Å². The summed E-state index contributed by atoms with van der Waals surface area (Å²) >= 11 is 0. The van der Waals surface area contributed by atoms with Gasteiger partial charge in [0, 0.05) is 18.3 Å². The van der Waals surface area contributed by atoms with E-state index in [0.717, 1.165) is 19.3 Å². The molecule has 9 aliphatic rings. The van der Waals surface area contributed by atoms with Gasteiger partial charge in [0.05, 0.1) is 17.9 Å². The van der Waals surface area contributed by atoms with Crippen LogP contribution in [0.4, 0.5) is 0 Å². The number of Topliss-reactive ketones (excluding diaryl/α,β-unsaturated/α-hetero) is 1. The molecule has 8 saturated carbocycles. The zero-order valence-electron chi connectivity index (χ0n) is 14.7. The molecule has 5 heteroatoms. The molecule has 9 fully saturated rings. The molecule has 0 aromatic carbocycles. The Hall–Kier alpha value is -1.39. The van der Waals surface area contributed by atoms with Crippen LogP contribution in [-0.4, -0.2) is 30.9 Å². The molecule has 1 aliphatic heterocycles. The maximum atomic E-state index is 13.6. The van der Waals surface area contributed by atoms with E-state index in [1.165, 1.54) is 7.11 Å². The predicted octanol–water partition coefficient (Wildman–Crippen LogP) is 1.44. The van der Waals surface area contributed by atoms with Gasteiger partial charge in [-0.15, -0.1) is 0 Å². The van der Waals surface area contributed by atoms with E-state index < -0.39 is 10.8 Å². The fourth-order valence-electron chi connectivity index (χ4n) is 11.6. The van der Waals surface area contributed by atoms with Crippen molar-refractivity contribution in [3.05, 3.63) is 0 Å². The maximum Gasteiger partial charge on any atom is 0.314 e. The molecule has 26 heavy (non-hydrogen) atoms. The summed E-state index contributed by atoms with van der Waals surface area (Å²) in [6, 6.07) is 0. The van der Waals surface area contributed by atoms with Crippen molar-refractivity contribution in [1.82, 2.24) is 0 Å². The molecule has 0 N–H and O–H groups in total. The summed E-state index contributed by atoms with van der Waals surface area (Å²) in [5.41, 5.74) is -1.40. The molecular weight excluding hydrogens is 332 g/mol. The summed E-state index contributed by atoms with van der Waals surface area (Å²) in [5.74, 6) is 3.06. The normalized spacial score (nSPS) is 68.9. The highest BCUT2D eigenvalue weighted by Gasteiger charge is 3.02. The van der Waals surface area contributed by atoms with Gasteiger partial charge in [-0.25, -0.2) is 0 Å². The molecule has 1 heterocycles. The Labute approximate surface area is 151 Å². The van der Waals surface area contributed by atoms with Gasteiger partial charge in [0.15, 0.2) is 0 Å². The average Bonchev–Trinajstić information content (AvgIpc) is 3.41. The van der Waals surface area contributed by atoms with Crippen LogP contribution in [0.2, 0.25) is 0 Å². The van der Waals surface area contributed by atoms with Crippen molar-refractivity contribution in [1.29, 1.82) is 0 Å². The number of rotatable bonds is 1. The van der Waals surface area contributed by atoms with E-state index >= 15 is 0 Å². The zero-order valence-corrected chi connectivity index (χ0v) is 14.7. The van der Waals surface area contributed by atoms with Gasteiger partial charge in [-0.05, 0) is 66.6 Å². The molecule has 5 nitrogen and oxygen atoms in total. The Morgan fingerprint density at radius 2 is 1.81 bits per heavy atom. The van der Waals surface area contributed by atoms with Crippen molar-refractivity contribution in [3.8, 4) is 0 Å². The van der Waals surface area contributed by atoms with Crippen LogP contribution in [-0.2, 0) is 23.9 Å². The summed E-state index contributed by atoms with van der Waals surface area (Å²) in [6.07, 6.45) is 3.66. The monoisotopic (exact) mass is 354 g/mol. The van der Waals surface area contributed by atoms with E-state index in [9.17, 15) is 14.4 Å². The summed E-state index contributed by atoms with van der Waals surface area (Å²) in [4.78, 5) is 39.9. The van der Waals surface area contributed by atoms with Gasteiger partial charge < -0.3 is 9.47 Å². The van der Waals surface area contributed by atoms with Crippen molar-refractivity contribution in [3.63, 3.8) is 0 Å². The number of hydrogen-bond donors (Lipinski definition) is 0. The van der Waals surface area contributed by atoms with Gasteiger partial charge in [-0.3, -0.25) is 14.4 Å². The van der Waals surface area contributed by atoms with E-state index in [1.807, 2.05) is 0 Å². The van der Waals surface area contributed by atoms with Crippen LogP contribution in [0.3, 0.4) is 0 Å². The number of ketones is 1. The standard InChI is InChI=1S/C21H22O5/c1-25-18(23)20-15-7-3-5-9-11(7)17-13(15)12-14(21(17,20)19(24)26-9)6-2-4-8(22)10(6)16(12)20/h6-7,9-17H,2-5H2,1H3/t6-,7+,9+,10+,11+,12-,13+,14-,15+,16-,17+,20+,21+/m0/s1. The fourth-order valence-corrected chi connectivity index (χ4v) is 11.6. The average molecular weight is 354 g/mol. The van der Waals surface area contributed by atoms with E-state index in [2.05, 4.69) is 0 Å². The third-order valence-electron chi connectivity index (χ3n) is 11.0. The highest BCUT2D eigenvalue weighted by molar-refractivity contribution is 5.98. The molecular formula is C21H22O5. The van der Waals surface area contributed by atoms with Gasteiger partial charge in [0.1, 0.15) is 11.9 Å². The molecule has 13 atom stereocenters. The van der Waals surface area contributed by atoms with Crippen LogP contribution in [0.5, 0.6) is 0 Å². The predicted molar refractivity (Wildman–Crippen MR) is 85.1 cm³/mol. The molecule has 0 aromatic rings. The third-order valence-corrected chi connectivity index (χ3v) is 11.0. The second-order valence-corrected chi connectivity index (χ2v) is 10.4. The lowest BCUT2D eigenvalue weighted by atomic mass is 9.43. The second-order valence-electron chi connectivity index (χ2n) is 10.4. The molecule has 1 saturated heterocycles. The van der Waals surface area contributed by atoms with Gasteiger partial charge in [0.2, 0.25) is 0 Å². The summed E-state index contributed by atoms with van der Waals surface area (Å²) < 4.78 is 11.5. The molecule has 0 aromatic heterocycles. The van der Waals surface area contributed by atoms with Gasteiger partial charge in [-0.1, -0.05) is 0 Å². The minimum atomic E-state index is -0.749. The van der Waals surface area contributed by atoms with E-state index in [-0.39, 0.29) is 41.7 Å². The number of esters is 2. The molecule has 0 unspecified atom stereocenters. The SMILES string of the molecule is COC(=O)[C@]12[C@@H]3[C@@H]4CC[C@H]5OC(=O)[C@@]16[C@@H]([C@@H]3[C@H]1[C@@H]6[C@H]3CCC(=O)[C@@H]3[C@@H]12)[C@H]45. The van der Waals surface area contributed by atoms with E-state index in [1.54, 1.807) is 0 Å². The number of carbonyl (C=O) groups is 3. The Morgan fingerprint density at radius 3 is 2.62 bits per heavy atom. The molecule has 9 rings (SSSR count). The van der Waals surface area contributed by atoms with E-state index in [4.69, 9.17) is 9.47 Å². The van der Waals surface area contributed by atoms with Crippen LogP contribution in [0.1, 0.15) is 25.7 Å². The highest BCUT2D eigenvalue weighted by atomic mass is 16.6. The van der Waals surface area contributed by atoms with Crippen LogP contribution >= 0.6 is 0 Å². The Kier molecular flexibility index (Phi) is 1.86. The molecule has 1 spiro atoms. The summed E-state index contributed by atoms with van der Waals surface area (Å²) in [5, 5.41) is 0. The number of methoxy groups -OCH3 is 1. The van der Waals surface area contributed by atoms with Crippen molar-refractivity contribution < 1.29 is 23.9 Å². The van der Waals surface area contributed by atoms with Crippen LogP contribution < -0.4 is 0 Å². The smallest absolute Gasteiger partial charge is 0.314 e. The van der Waals surface area contributed by atoms with Crippen molar-refractivity contribution in [2.75, 3.05) is 7.11 Å². The molecule has 0 amide bonds. The topological polar surface area (TPSA) is 69.7 Å². The first-order valence-electron chi connectivity index (χ1n) is 10.4. The highest BCUT2D eigenvalue weighted by Crippen LogP contribution is 2.98. The Bertz CT molecular complexity index is 849. The number of carbonyl (C=O) groups excluding carboxylic acids is 3. The summed E-state index contributed by atoms with van der Waals surface area (Å²) in [6.45, 7) is 0. The Balaban J connectivity index is 1.48. The first kappa shape index (κ1) is 13.7. The maximum absolute atomic E-state index is 13.6. The second kappa shape index (κ2) is 3.51. The number of hydrogen-bond acceptors (Lipinski definition) is 5. The largest absolute Gasteiger partial charge is 0.469 e.